The van der Waals surface area contributed by atoms with E-state index in [-0.39, 0.29) is 0 Å². The van der Waals surface area contributed by atoms with Crippen molar-refractivity contribution in [1.29, 1.82) is 0 Å². The molecule has 0 amide bonds. The van der Waals surface area contributed by atoms with E-state index >= 15 is 0 Å². The number of hydrogen-bond donors (Lipinski definition) is 1. The van der Waals surface area contributed by atoms with Gasteiger partial charge in [0.15, 0.2) is 15.7 Å². The maximum Gasteiger partial charge on any atom is 0.161 e. The molecule has 0 radical (unpaired) electrons. The average molecular weight is 374 g/mol. The maximum absolute atomic E-state index is 12.4. The number of nitrogens with two attached hydrogens (primary N) is 1. The minimum absolute atomic E-state index is 0.527. The molecule has 0 spiro atoms. The maximum atomic E-state index is 12.4. The van der Waals surface area contributed by atoms with Gasteiger partial charge in [0.1, 0.15) is 10.6 Å². The van der Waals surface area contributed by atoms with Crippen molar-refractivity contribution in [2.75, 3.05) is 43.2 Å². The van der Waals surface area contributed by atoms with E-state index in [1.807, 2.05) is 18.2 Å². The summed E-state index contributed by atoms with van der Waals surface area (Å²) in [6.07, 6.45) is 2.50. The van der Waals surface area contributed by atoms with Crippen molar-refractivity contribution in [3.05, 3.63) is 36.0 Å². The first-order chi connectivity index (χ1) is 12.4. The average Bonchev–Trinajstić information content (AvgIpc) is 3.45. The second kappa shape index (κ2) is 6.21. The molecule has 1 aliphatic heterocycles. The van der Waals surface area contributed by atoms with Gasteiger partial charge in [-0.3, -0.25) is 0 Å². The molecule has 4 rings (SSSR count). The SMILES string of the molecule is CS(=O)(=O)C1(c2cc(N3CCOCC3)nc(-c3ccc(N)cc3)n2)CC1. The standard InChI is InChI=1S/C18H22N4O3S/c1-26(23,24)18(6-7-18)15-12-16(22-8-10-25-11-9-22)21-17(20-15)13-2-4-14(19)5-3-13/h2-5,12H,6-11,19H2,1H3. The highest BCUT2D eigenvalue weighted by atomic mass is 32.2. The number of morpholine rings is 1. The molecular weight excluding hydrogens is 352 g/mol. The summed E-state index contributed by atoms with van der Waals surface area (Å²) in [7, 11) is -3.25. The van der Waals surface area contributed by atoms with Crippen LogP contribution in [0.5, 0.6) is 0 Å². The first kappa shape index (κ1) is 17.2. The van der Waals surface area contributed by atoms with Crippen LogP contribution < -0.4 is 10.6 Å². The second-order valence-corrected chi connectivity index (χ2v) is 9.25. The van der Waals surface area contributed by atoms with Crippen LogP contribution in [0.4, 0.5) is 11.5 Å². The number of ether oxygens (including phenoxy) is 1. The zero-order valence-electron chi connectivity index (χ0n) is 14.7. The van der Waals surface area contributed by atoms with Gasteiger partial charge < -0.3 is 15.4 Å². The van der Waals surface area contributed by atoms with Crippen LogP contribution in [0, 0.1) is 0 Å². The van der Waals surface area contributed by atoms with Gasteiger partial charge in [-0.2, -0.15) is 0 Å². The van der Waals surface area contributed by atoms with Crippen molar-refractivity contribution >= 4 is 21.3 Å². The smallest absolute Gasteiger partial charge is 0.161 e. The van der Waals surface area contributed by atoms with Crippen LogP contribution in [0.2, 0.25) is 0 Å². The molecule has 2 heterocycles. The summed E-state index contributed by atoms with van der Waals surface area (Å²) in [5, 5.41) is 0. The number of nitrogens with zero attached hydrogens (tertiary/aromatic N) is 3. The van der Waals surface area contributed by atoms with Crippen molar-refractivity contribution in [1.82, 2.24) is 9.97 Å². The number of sulfone groups is 1. The molecule has 1 aromatic heterocycles. The number of nitrogen functional groups attached to an aromatic ring is 1. The number of hydrogen-bond acceptors (Lipinski definition) is 7. The molecule has 0 atom stereocenters. The molecule has 2 fully saturated rings. The Kier molecular flexibility index (Phi) is 4.11. The zero-order valence-corrected chi connectivity index (χ0v) is 15.5. The van der Waals surface area contributed by atoms with E-state index in [0.717, 1.165) is 24.5 Å². The Labute approximate surface area is 153 Å². The van der Waals surface area contributed by atoms with Crippen LogP contribution in [0.3, 0.4) is 0 Å². The molecule has 2 N–H and O–H groups in total. The lowest BCUT2D eigenvalue weighted by molar-refractivity contribution is 0.122. The monoisotopic (exact) mass is 374 g/mol. The Morgan fingerprint density at radius 1 is 1.12 bits per heavy atom. The van der Waals surface area contributed by atoms with E-state index in [1.54, 1.807) is 12.1 Å². The molecule has 2 aromatic rings. The number of rotatable bonds is 4. The first-order valence-corrected chi connectivity index (χ1v) is 10.6. The highest BCUT2D eigenvalue weighted by Crippen LogP contribution is 2.52. The molecule has 1 saturated heterocycles. The van der Waals surface area contributed by atoms with Gasteiger partial charge in [0.2, 0.25) is 0 Å². The summed E-state index contributed by atoms with van der Waals surface area (Å²) in [4.78, 5) is 11.5. The molecule has 8 heteroatoms. The molecule has 138 valence electrons. The molecule has 26 heavy (non-hydrogen) atoms. The predicted molar refractivity (Wildman–Crippen MR) is 101 cm³/mol. The number of benzene rings is 1. The highest BCUT2D eigenvalue weighted by molar-refractivity contribution is 7.91. The van der Waals surface area contributed by atoms with Gasteiger partial charge >= 0.3 is 0 Å². The first-order valence-electron chi connectivity index (χ1n) is 8.67. The van der Waals surface area contributed by atoms with Gasteiger partial charge in [-0.1, -0.05) is 0 Å². The minimum Gasteiger partial charge on any atom is -0.399 e. The van der Waals surface area contributed by atoms with E-state index in [0.29, 0.717) is 43.3 Å². The second-order valence-electron chi connectivity index (χ2n) is 6.92. The van der Waals surface area contributed by atoms with Gasteiger partial charge in [0.25, 0.3) is 0 Å². The Morgan fingerprint density at radius 2 is 1.77 bits per heavy atom. The normalized spacial score (nSPS) is 19.3. The highest BCUT2D eigenvalue weighted by Gasteiger charge is 2.55. The topological polar surface area (TPSA) is 98.4 Å². The molecule has 7 nitrogen and oxygen atoms in total. The van der Waals surface area contributed by atoms with E-state index < -0.39 is 14.6 Å². The van der Waals surface area contributed by atoms with Gasteiger partial charge in [0, 0.05) is 36.7 Å². The fourth-order valence-corrected chi connectivity index (χ4v) is 4.64. The van der Waals surface area contributed by atoms with E-state index in [9.17, 15) is 8.42 Å². The predicted octanol–water partition coefficient (Wildman–Crippen LogP) is 1.60. The minimum atomic E-state index is -3.25. The van der Waals surface area contributed by atoms with E-state index in [4.69, 9.17) is 15.5 Å². The van der Waals surface area contributed by atoms with E-state index in [1.165, 1.54) is 6.26 Å². The third-order valence-electron chi connectivity index (χ3n) is 5.10. The molecular formula is C18H22N4O3S. The Bertz CT molecular complexity index is 918. The van der Waals surface area contributed by atoms with Crippen molar-refractivity contribution in [2.45, 2.75) is 17.6 Å². The summed E-state index contributed by atoms with van der Waals surface area (Å²) >= 11 is 0. The van der Waals surface area contributed by atoms with Crippen LogP contribution >= 0.6 is 0 Å². The van der Waals surface area contributed by atoms with Gasteiger partial charge in [-0.05, 0) is 37.1 Å². The van der Waals surface area contributed by atoms with Gasteiger partial charge in [0.05, 0.1) is 18.9 Å². The number of anilines is 2. The molecule has 1 aromatic carbocycles. The quantitative estimate of drug-likeness (QED) is 0.812. The lowest BCUT2D eigenvalue weighted by atomic mass is 10.1. The van der Waals surface area contributed by atoms with Crippen LogP contribution in [0.1, 0.15) is 18.5 Å². The molecule has 0 unspecified atom stereocenters. The number of aromatic nitrogens is 2. The van der Waals surface area contributed by atoms with Crippen LogP contribution in [-0.2, 0) is 19.3 Å². The van der Waals surface area contributed by atoms with Crippen molar-refractivity contribution in [3.8, 4) is 11.4 Å². The summed E-state index contributed by atoms with van der Waals surface area (Å²) in [6.45, 7) is 2.72. The summed E-state index contributed by atoms with van der Waals surface area (Å²) < 4.78 is 29.3. The summed E-state index contributed by atoms with van der Waals surface area (Å²) in [5.41, 5.74) is 7.84. The van der Waals surface area contributed by atoms with Gasteiger partial charge in [-0.15, -0.1) is 0 Å². The van der Waals surface area contributed by atoms with Crippen molar-refractivity contribution in [3.63, 3.8) is 0 Å². The van der Waals surface area contributed by atoms with Crippen LogP contribution in [0.25, 0.3) is 11.4 Å². The Morgan fingerprint density at radius 3 is 2.35 bits per heavy atom. The van der Waals surface area contributed by atoms with Crippen molar-refractivity contribution < 1.29 is 13.2 Å². The third-order valence-corrected chi connectivity index (χ3v) is 7.13. The lowest BCUT2D eigenvalue weighted by Gasteiger charge is -2.29. The van der Waals surface area contributed by atoms with Crippen molar-refractivity contribution in [2.24, 2.45) is 0 Å². The summed E-state index contributed by atoms with van der Waals surface area (Å²) in [6, 6.07) is 9.14. The van der Waals surface area contributed by atoms with Crippen LogP contribution in [-0.4, -0.2) is 50.9 Å². The largest absolute Gasteiger partial charge is 0.399 e. The van der Waals surface area contributed by atoms with E-state index in [2.05, 4.69) is 9.88 Å². The Hall–Kier alpha value is -2.19. The zero-order chi connectivity index (χ0) is 18.4. The lowest BCUT2D eigenvalue weighted by Crippen LogP contribution is -2.37. The molecule has 1 aliphatic carbocycles. The molecule has 2 aliphatic rings. The summed E-state index contributed by atoms with van der Waals surface area (Å²) in [5.74, 6) is 1.28. The third kappa shape index (κ3) is 3.03. The molecule has 0 bridgehead atoms. The van der Waals surface area contributed by atoms with Gasteiger partial charge in [-0.25, -0.2) is 18.4 Å². The fourth-order valence-electron chi connectivity index (χ4n) is 3.31. The fraction of sp³-hybridized carbons (Fsp3) is 0.444. The molecule has 1 saturated carbocycles. The Balaban J connectivity index is 1.83. The van der Waals surface area contributed by atoms with Crippen LogP contribution in [0.15, 0.2) is 30.3 Å².